The Balaban J connectivity index is 3.38. The molecule has 6 nitrogen and oxygen atoms in total. The lowest BCUT2D eigenvalue weighted by Crippen LogP contribution is -2.45. The van der Waals surface area contributed by atoms with Gasteiger partial charge in [0.05, 0.1) is 25.4 Å². The summed E-state index contributed by atoms with van der Waals surface area (Å²) in [4.78, 5) is 24.5. The maximum Gasteiger partial charge on any atom is 0.305 e. The number of allylic oxidation sites excluding steroid dienone is 9. The van der Waals surface area contributed by atoms with Gasteiger partial charge in [-0.1, -0.05) is 293 Å². The van der Waals surface area contributed by atoms with Gasteiger partial charge in [-0.3, -0.25) is 9.59 Å². The third-order valence-corrected chi connectivity index (χ3v) is 14.8. The van der Waals surface area contributed by atoms with Crippen LogP contribution in [-0.4, -0.2) is 47.4 Å². The van der Waals surface area contributed by atoms with Crippen molar-refractivity contribution in [3.05, 3.63) is 60.8 Å². The minimum atomic E-state index is -0.842. The Morgan fingerprint density at radius 3 is 1.07 bits per heavy atom. The maximum atomic E-state index is 12.4. The molecule has 3 N–H and O–H groups in total. The van der Waals surface area contributed by atoms with Crippen molar-refractivity contribution in [2.45, 2.75) is 347 Å². The van der Waals surface area contributed by atoms with Crippen LogP contribution in [0.3, 0.4) is 0 Å². The number of rotatable bonds is 60. The molecule has 0 aromatic rings. The predicted molar refractivity (Wildman–Crippen MR) is 324 cm³/mol. The van der Waals surface area contributed by atoms with Crippen molar-refractivity contribution < 1.29 is 24.5 Å². The van der Waals surface area contributed by atoms with Crippen molar-refractivity contribution in [3.8, 4) is 0 Å². The average Bonchev–Trinajstić information content (AvgIpc) is 3.40. The average molecular weight is 1040 g/mol. The van der Waals surface area contributed by atoms with Crippen LogP contribution in [0.25, 0.3) is 0 Å². The molecule has 0 spiro atoms. The molecule has 0 heterocycles. The number of esters is 1. The fourth-order valence-corrected chi connectivity index (χ4v) is 9.74. The molecule has 74 heavy (non-hydrogen) atoms. The Kier molecular flexibility index (Phi) is 61.0. The number of carbonyl (C=O) groups excluding carboxylic acids is 2. The van der Waals surface area contributed by atoms with Gasteiger partial charge in [0.15, 0.2) is 0 Å². The molecule has 432 valence electrons. The van der Waals surface area contributed by atoms with Crippen LogP contribution in [-0.2, 0) is 14.3 Å². The van der Waals surface area contributed by atoms with Crippen molar-refractivity contribution in [1.29, 1.82) is 0 Å². The molecule has 0 aromatic carbocycles. The molecule has 2 atom stereocenters. The highest BCUT2D eigenvalue weighted by Gasteiger charge is 2.18. The lowest BCUT2D eigenvalue weighted by molar-refractivity contribution is -0.143. The Bertz CT molecular complexity index is 1290. The first kappa shape index (κ1) is 71.6. The Hall–Kier alpha value is -2.44. The van der Waals surface area contributed by atoms with E-state index in [4.69, 9.17) is 4.74 Å². The first-order chi connectivity index (χ1) is 36.5. The van der Waals surface area contributed by atoms with Gasteiger partial charge in [-0.2, -0.15) is 0 Å². The molecule has 0 aliphatic rings. The van der Waals surface area contributed by atoms with E-state index in [0.29, 0.717) is 19.4 Å². The summed E-state index contributed by atoms with van der Waals surface area (Å²) in [7, 11) is 0. The zero-order chi connectivity index (χ0) is 53.6. The molecule has 0 saturated carbocycles. The van der Waals surface area contributed by atoms with Crippen LogP contribution < -0.4 is 5.32 Å². The zero-order valence-electron chi connectivity index (χ0n) is 49.3. The van der Waals surface area contributed by atoms with Crippen LogP contribution in [0.2, 0.25) is 0 Å². The number of hydrogen-bond acceptors (Lipinski definition) is 5. The molecule has 0 aliphatic heterocycles. The van der Waals surface area contributed by atoms with E-state index in [1.807, 2.05) is 6.08 Å². The van der Waals surface area contributed by atoms with Gasteiger partial charge in [-0.15, -0.1) is 0 Å². The lowest BCUT2D eigenvalue weighted by Gasteiger charge is -2.20. The highest BCUT2D eigenvalue weighted by atomic mass is 16.5. The number of nitrogens with one attached hydrogen (secondary N) is 1. The van der Waals surface area contributed by atoms with Crippen molar-refractivity contribution in [1.82, 2.24) is 5.32 Å². The number of unbranched alkanes of at least 4 members (excludes halogenated alkanes) is 41. The van der Waals surface area contributed by atoms with Crippen molar-refractivity contribution in [3.63, 3.8) is 0 Å². The smallest absolute Gasteiger partial charge is 0.305 e. The van der Waals surface area contributed by atoms with E-state index in [-0.39, 0.29) is 18.5 Å². The summed E-state index contributed by atoms with van der Waals surface area (Å²) in [5.74, 6) is -0.0693. The summed E-state index contributed by atoms with van der Waals surface area (Å²) in [5.41, 5.74) is 0. The summed E-state index contributed by atoms with van der Waals surface area (Å²) in [6.07, 6.45) is 82.9. The van der Waals surface area contributed by atoms with Gasteiger partial charge in [0.2, 0.25) is 5.91 Å². The second-order valence-corrected chi connectivity index (χ2v) is 22.1. The highest BCUT2D eigenvalue weighted by molar-refractivity contribution is 5.76. The lowest BCUT2D eigenvalue weighted by atomic mass is 10.0. The van der Waals surface area contributed by atoms with E-state index < -0.39 is 12.1 Å². The van der Waals surface area contributed by atoms with Gasteiger partial charge in [0, 0.05) is 12.8 Å². The third kappa shape index (κ3) is 58.8. The van der Waals surface area contributed by atoms with Gasteiger partial charge in [0.25, 0.3) is 0 Å². The first-order valence-corrected chi connectivity index (χ1v) is 32.6. The fraction of sp³-hybridized carbons (Fsp3) is 0.824. The molecule has 0 bridgehead atoms. The number of amides is 1. The van der Waals surface area contributed by atoms with Gasteiger partial charge in [0.1, 0.15) is 0 Å². The van der Waals surface area contributed by atoms with E-state index in [1.165, 1.54) is 250 Å². The summed E-state index contributed by atoms with van der Waals surface area (Å²) in [6, 6.07) is -0.625. The van der Waals surface area contributed by atoms with Crippen molar-refractivity contribution >= 4 is 11.9 Å². The molecule has 0 aliphatic carbocycles. The topological polar surface area (TPSA) is 95.9 Å². The van der Waals surface area contributed by atoms with Crippen LogP contribution in [0.15, 0.2) is 60.8 Å². The molecule has 0 fully saturated rings. The van der Waals surface area contributed by atoms with Crippen LogP contribution in [0.1, 0.15) is 335 Å². The molecular formula is C68H125NO5. The van der Waals surface area contributed by atoms with Crippen molar-refractivity contribution in [2.75, 3.05) is 13.2 Å². The second-order valence-electron chi connectivity index (χ2n) is 22.1. The van der Waals surface area contributed by atoms with E-state index in [1.54, 1.807) is 6.08 Å². The van der Waals surface area contributed by atoms with E-state index in [2.05, 4.69) is 67.8 Å². The molecule has 2 unspecified atom stereocenters. The molecule has 6 heteroatoms. The Labute approximate surface area is 460 Å². The van der Waals surface area contributed by atoms with Gasteiger partial charge in [-0.05, 0) is 89.9 Å². The molecule has 0 saturated heterocycles. The number of aliphatic hydroxyl groups excluding tert-OH is 2. The molecule has 1 amide bonds. The molecular weight excluding hydrogens is 911 g/mol. The van der Waals surface area contributed by atoms with Crippen molar-refractivity contribution in [2.24, 2.45) is 0 Å². The summed E-state index contributed by atoms with van der Waals surface area (Å²) >= 11 is 0. The van der Waals surface area contributed by atoms with E-state index in [9.17, 15) is 19.8 Å². The number of ether oxygens (including phenoxy) is 1. The van der Waals surface area contributed by atoms with Crippen LogP contribution in [0, 0.1) is 0 Å². The van der Waals surface area contributed by atoms with Gasteiger partial charge >= 0.3 is 5.97 Å². The Morgan fingerprint density at radius 1 is 0.378 bits per heavy atom. The monoisotopic (exact) mass is 1040 g/mol. The SMILES string of the molecule is CCCC/C=C\C/C=C\CCCCCCCC(=O)OCCCCCCCCCCC/C=C\C/C=C\CCCCCCCCCCCCCCCCCCCC(=O)NC(CO)C(O)/C=C/CCCCCCCCCC. The highest BCUT2D eigenvalue weighted by Crippen LogP contribution is 2.17. The number of aliphatic hydroxyl groups is 2. The largest absolute Gasteiger partial charge is 0.466 e. The number of carbonyl (C=O) groups is 2. The fourth-order valence-electron chi connectivity index (χ4n) is 9.74. The normalized spacial score (nSPS) is 13.0. The summed E-state index contributed by atoms with van der Waals surface area (Å²) in [5, 5.41) is 23.0. The Morgan fingerprint density at radius 2 is 0.689 bits per heavy atom. The molecule has 0 rings (SSSR count). The summed E-state index contributed by atoms with van der Waals surface area (Å²) < 4.78 is 5.47. The van der Waals surface area contributed by atoms with Gasteiger partial charge in [-0.25, -0.2) is 0 Å². The standard InChI is InChI=1S/C68H125NO5/c1-3-5-7-9-11-13-15-16-39-42-46-50-54-58-62-68(73)74-63-59-55-51-47-43-40-37-35-33-31-29-27-25-23-21-19-17-18-20-22-24-26-28-30-32-34-36-38-41-45-49-53-57-61-67(72)69-65(64-70)66(71)60-56-52-48-44-14-12-10-8-6-4-2/h9,11,15-16,21,23,27,29,56,60,65-66,70-71H,3-8,10,12-14,17-20,22,24-26,28,30-55,57-59,61-64H2,1-2H3,(H,69,72)/b11-9-,16-15-,23-21-,29-27-,60-56+. The zero-order valence-corrected chi connectivity index (χ0v) is 49.3. The van der Waals surface area contributed by atoms with E-state index in [0.717, 1.165) is 57.8 Å². The molecule has 0 aromatic heterocycles. The number of hydrogen-bond donors (Lipinski definition) is 3. The minimum absolute atomic E-state index is 0.00133. The second kappa shape index (κ2) is 63.1. The van der Waals surface area contributed by atoms with E-state index >= 15 is 0 Å². The maximum absolute atomic E-state index is 12.4. The summed E-state index contributed by atoms with van der Waals surface area (Å²) in [6.45, 7) is 4.84. The van der Waals surface area contributed by atoms with Gasteiger partial charge < -0.3 is 20.3 Å². The van der Waals surface area contributed by atoms with Crippen LogP contribution in [0.5, 0.6) is 0 Å². The minimum Gasteiger partial charge on any atom is -0.466 e. The predicted octanol–water partition coefficient (Wildman–Crippen LogP) is 20.7. The van der Waals surface area contributed by atoms with Crippen LogP contribution >= 0.6 is 0 Å². The molecule has 0 radical (unpaired) electrons. The first-order valence-electron chi connectivity index (χ1n) is 32.6. The quantitative estimate of drug-likeness (QED) is 0.0320. The third-order valence-electron chi connectivity index (χ3n) is 14.8. The van der Waals surface area contributed by atoms with Crippen LogP contribution in [0.4, 0.5) is 0 Å².